The van der Waals surface area contributed by atoms with Gasteiger partial charge in [0.1, 0.15) is 5.82 Å². The molecule has 1 aromatic rings. The van der Waals surface area contributed by atoms with E-state index in [-0.39, 0.29) is 24.0 Å². The van der Waals surface area contributed by atoms with Crippen LogP contribution in [0.3, 0.4) is 0 Å². The SMILES string of the molecule is CCNC(=NCc1ccnc(N2CCN(C)CC2)c1)NC1CCC(SC)C1.I. The molecule has 28 heavy (non-hydrogen) atoms. The van der Waals surface area contributed by atoms with Crippen molar-refractivity contribution in [3.8, 4) is 0 Å². The summed E-state index contributed by atoms with van der Waals surface area (Å²) < 4.78 is 0. The monoisotopic (exact) mass is 518 g/mol. The number of guanidine groups is 1. The number of halogens is 1. The van der Waals surface area contributed by atoms with Crippen molar-refractivity contribution in [1.82, 2.24) is 20.5 Å². The van der Waals surface area contributed by atoms with Crippen LogP contribution in [0.2, 0.25) is 0 Å². The van der Waals surface area contributed by atoms with Crippen molar-refractivity contribution >= 4 is 47.5 Å². The second-order valence-electron chi connectivity index (χ2n) is 7.52. The Bertz CT molecular complexity index is 620. The van der Waals surface area contributed by atoms with Crippen LogP contribution in [0.4, 0.5) is 5.82 Å². The molecule has 0 amide bonds. The van der Waals surface area contributed by atoms with Crippen LogP contribution in [0.5, 0.6) is 0 Å². The van der Waals surface area contributed by atoms with Gasteiger partial charge in [-0.1, -0.05) is 0 Å². The van der Waals surface area contributed by atoms with Crippen LogP contribution in [-0.4, -0.2) is 73.2 Å². The zero-order chi connectivity index (χ0) is 19.1. The van der Waals surface area contributed by atoms with Gasteiger partial charge in [0, 0.05) is 50.2 Å². The van der Waals surface area contributed by atoms with Crippen LogP contribution in [0.15, 0.2) is 23.3 Å². The maximum atomic E-state index is 4.83. The van der Waals surface area contributed by atoms with E-state index < -0.39 is 0 Å². The number of anilines is 1. The van der Waals surface area contributed by atoms with Gasteiger partial charge in [-0.15, -0.1) is 24.0 Å². The van der Waals surface area contributed by atoms with Crippen LogP contribution in [0, 0.1) is 0 Å². The summed E-state index contributed by atoms with van der Waals surface area (Å²) in [6.07, 6.45) is 7.90. The Kier molecular flexibility index (Phi) is 10.1. The van der Waals surface area contributed by atoms with E-state index in [1.54, 1.807) is 0 Å². The molecule has 6 nitrogen and oxygen atoms in total. The first kappa shape index (κ1) is 23.5. The summed E-state index contributed by atoms with van der Waals surface area (Å²) >= 11 is 1.99. The highest BCUT2D eigenvalue weighted by Gasteiger charge is 2.24. The highest BCUT2D eigenvalue weighted by atomic mass is 127. The van der Waals surface area contributed by atoms with E-state index in [1.807, 2.05) is 18.0 Å². The van der Waals surface area contributed by atoms with Gasteiger partial charge in [0.2, 0.25) is 0 Å². The largest absolute Gasteiger partial charge is 0.357 e. The molecule has 158 valence electrons. The Hall–Kier alpha value is -0.740. The predicted molar refractivity (Wildman–Crippen MR) is 132 cm³/mol. The number of nitrogens with zero attached hydrogens (tertiary/aromatic N) is 4. The third kappa shape index (κ3) is 6.95. The molecule has 2 unspecified atom stereocenters. The summed E-state index contributed by atoms with van der Waals surface area (Å²) in [5.41, 5.74) is 1.21. The van der Waals surface area contributed by atoms with Crippen LogP contribution in [-0.2, 0) is 6.54 Å². The van der Waals surface area contributed by atoms with Gasteiger partial charge in [-0.3, -0.25) is 0 Å². The Labute approximate surface area is 191 Å². The van der Waals surface area contributed by atoms with Gasteiger partial charge >= 0.3 is 0 Å². The molecule has 1 aliphatic heterocycles. The molecule has 0 radical (unpaired) electrons. The molecule has 1 aromatic heterocycles. The van der Waals surface area contributed by atoms with E-state index in [4.69, 9.17) is 4.99 Å². The molecule has 2 N–H and O–H groups in total. The molecule has 2 heterocycles. The molecular formula is C20H35IN6S. The maximum Gasteiger partial charge on any atom is 0.191 e. The van der Waals surface area contributed by atoms with Gasteiger partial charge in [0.15, 0.2) is 5.96 Å². The first-order valence-electron chi connectivity index (χ1n) is 10.1. The van der Waals surface area contributed by atoms with E-state index in [1.165, 1.54) is 24.8 Å². The summed E-state index contributed by atoms with van der Waals surface area (Å²) in [4.78, 5) is 14.1. The summed E-state index contributed by atoms with van der Waals surface area (Å²) in [6, 6.07) is 4.81. The van der Waals surface area contributed by atoms with Crippen molar-refractivity contribution in [3.05, 3.63) is 23.9 Å². The minimum absolute atomic E-state index is 0. The van der Waals surface area contributed by atoms with E-state index in [0.717, 1.165) is 49.8 Å². The number of hydrogen-bond acceptors (Lipinski definition) is 5. The van der Waals surface area contributed by atoms with Crippen LogP contribution >= 0.6 is 35.7 Å². The lowest BCUT2D eigenvalue weighted by molar-refractivity contribution is 0.312. The molecule has 0 bridgehead atoms. The number of thioether (sulfide) groups is 1. The molecule has 2 fully saturated rings. The fourth-order valence-corrected chi connectivity index (χ4v) is 4.53. The third-order valence-electron chi connectivity index (χ3n) is 5.46. The second-order valence-corrected chi connectivity index (χ2v) is 8.66. The van der Waals surface area contributed by atoms with Crippen molar-refractivity contribution in [2.24, 2.45) is 4.99 Å². The van der Waals surface area contributed by atoms with Gasteiger partial charge in [0.25, 0.3) is 0 Å². The topological polar surface area (TPSA) is 55.8 Å². The van der Waals surface area contributed by atoms with E-state index in [2.05, 4.69) is 57.8 Å². The smallest absolute Gasteiger partial charge is 0.191 e. The van der Waals surface area contributed by atoms with Crippen LogP contribution in [0.25, 0.3) is 0 Å². The van der Waals surface area contributed by atoms with Gasteiger partial charge in [0.05, 0.1) is 6.54 Å². The zero-order valence-electron chi connectivity index (χ0n) is 17.4. The number of likely N-dealkylation sites (N-methyl/N-ethyl adjacent to an activating group) is 1. The highest BCUT2D eigenvalue weighted by molar-refractivity contribution is 14.0. The Morgan fingerprint density at radius 2 is 2.07 bits per heavy atom. The molecule has 8 heteroatoms. The Morgan fingerprint density at radius 1 is 1.29 bits per heavy atom. The van der Waals surface area contributed by atoms with Gasteiger partial charge in [-0.2, -0.15) is 11.8 Å². The fraction of sp³-hybridized carbons (Fsp3) is 0.700. The minimum Gasteiger partial charge on any atom is -0.357 e. The standard InChI is InChI=1S/C20H34N6S.HI/c1-4-21-20(24-17-5-6-18(14-17)27-3)23-15-16-7-8-22-19(13-16)26-11-9-25(2)10-12-26;/h7-8,13,17-18H,4-6,9-12,14-15H2,1-3H3,(H2,21,23,24);1H. The van der Waals surface area contributed by atoms with Crippen LogP contribution in [0.1, 0.15) is 31.7 Å². The number of hydrogen-bond donors (Lipinski definition) is 2. The lowest BCUT2D eigenvalue weighted by Crippen LogP contribution is -2.44. The van der Waals surface area contributed by atoms with E-state index in [0.29, 0.717) is 12.6 Å². The minimum atomic E-state index is 0. The first-order valence-corrected chi connectivity index (χ1v) is 11.4. The van der Waals surface area contributed by atoms with Crippen LogP contribution < -0.4 is 15.5 Å². The van der Waals surface area contributed by atoms with Gasteiger partial charge in [-0.25, -0.2) is 9.98 Å². The molecule has 0 aromatic carbocycles. The summed E-state index contributed by atoms with van der Waals surface area (Å²) in [7, 11) is 2.18. The van der Waals surface area contributed by atoms with Crippen molar-refractivity contribution in [2.75, 3.05) is 50.9 Å². The highest BCUT2D eigenvalue weighted by Crippen LogP contribution is 2.28. The number of aromatic nitrogens is 1. The molecule has 1 aliphatic carbocycles. The molecule has 2 aliphatic rings. The average molecular weight is 519 g/mol. The summed E-state index contributed by atoms with van der Waals surface area (Å²) in [5, 5.41) is 7.81. The van der Waals surface area contributed by atoms with Crippen molar-refractivity contribution in [1.29, 1.82) is 0 Å². The molecule has 3 rings (SSSR count). The summed E-state index contributed by atoms with van der Waals surface area (Å²) in [6.45, 7) is 7.95. The Balaban J connectivity index is 0.00000280. The van der Waals surface area contributed by atoms with E-state index in [9.17, 15) is 0 Å². The molecule has 2 atom stereocenters. The number of piperazine rings is 1. The van der Waals surface area contributed by atoms with Crippen molar-refractivity contribution in [3.63, 3.8) is 0 Å². The molecule has 1 saturated heterocycles. The number of nitrogens with one attached hydrogen (secondary N) is 2. The van der Waals surface area contributed by atoms with Gasteiger partial charge in [-0.05, 0) is 57.2 Å². The second kappa shape index (κ2) is 12.1. The van der Waals surface area contributed by atoms with Crippen molar-refractivity contribution < 1.29 is 0 Å². The average Bonchev–Trinajstić information content (AvgIpc) is 3.15. The fourth-order valence-electron chi connectivity index (χ4n) is 3.74. The molecule has 1 saturated carbocycles. The zero-order valence-corrected chi connectivity index (χ0v) is 20.5. The molecular weight excluding hydrogens is 483 g/mol. The van der Waals surface area contributed by atoms with Crippen molar-refractivity contribution in [2.45, 2.75) is 44.0 Å². The lowest BCUT2D eigenvalue weighted by Gasteiger charge is -2.33. The number of aliphatic imine (C=N–C) groups is 1. The third-order valence-corrected chi connectivity index (χ3v) is 6.55. The molecule has 0 spiro atoms. The lowest BCUT2D eigenvalue weighted by atomic mass is 10.2. The number of rotatable bonds is 6. The normalized spacial score (nSPS) is 23.4. The summed E-state index contributed by atoms with van der Waals surface area (Å²) in [5.74, 6) is 2.01. The Morgan fingerprint density at radius 3 is 2.75 bits per heavy atom. The maximum absolute atomic E-state index is 4.83. The quantitative estimate of drug-likeness (QED) is 0.343. The van der Waals surface area contributed by atoms with E-state index >= 15 is 0 Å². The first-order chi connectivity index (χ1) is 13.2. The van der Waals surface area contributed by atoms with Gasteiger partial charge < -0.3 is 20.4 Å². The predicted octanol–water partition coefficient (Wildman–Crippen LogP) is 2.79. The number of pyridine rings is 1.